The third-order valence-electron chi connectivity index (χ3n) is 2.77. The fraction of sp³-hybridized carbons (Fsp3) is 0.467. The van der Waals surface area contributed by atoms with Gasteiger partial charge >= 0.3 is 5.97 Å². The molecule has 0 saturated heterocycles. The number of carbonyl (C=O) groups excluding carboxylic acids is 2. The largest absolute Gasteiger partial charge is 0.426 e. The van der Waals surface area contributed by atoms with E-state index in [1.807, 2.05) is 0 Å². The molecule has 0 spiro atoms. The molecular weight excluding hydrogens is 258 g/mol. The molecule has 0 bridgehead atoms. The fourth-order valence-corrected chi connectivity index (χ4v) is 1.54. The lowest BCUT2D eigenvalue weighted by atomic mass is 10.0. The van der Waals surface area contributed by atoms with E-state index in [-0.39, 0.29) is 24.3 Å². The lowest BCUT2D eigenvalue weighted by Gasteiger charge is -2.11. The molecule has 1 unspecified atom stereocenters. The van der Waals surface area contributed by atoms with Gasteiger partial charge in [-0.1, -0.05) is 26.0 Å². The standard InChI is InChI=1S/C15H21NO4/c1-10(2)15(18)20-12-6-4-11(5-7-12)8-13(16)14(17)9-19-3/h4-7,10,13H,8-9,16H2,1-3H3. The van der Waals surface area contributed by atoms with Gasteiger partial charge in [-0.2, -0.15) is 0 Å². The predicted octanol–water partition coefficient (Wildman–Crippen LogP) is 1.33. The summed E-state index contributed by atoms with van der Waals surface area (Å²) in [5.41, 5.74) is 6.69. The molecule has 1 aromatic carbocycles. The van der Waals surface area contributed by atoms with E-state index in [1.165, 1.54) is 7.11 Å². The van der Waals surface area contributed by atoms with Gasteiger partial charge in [-0.05, 0) is 24.1 Å². The molecular formula is C15H21NO4. The van der Waals surface area contributed by atoms with Crippen LogP contribution in [0.3, 0.4) is 0 Å². The van der Waals surface area contributed by atoms with E-state index in [0.29, 0.717) is 12.2 Å². The first-order valence-corrected chi connectivity index (χ1v) is 6.52. The van der Waals surface area contributed by atoms with Crippen molar-refractivity contribution in [2.24, 2.45) is 11.7 Å². The van der Waals surface area contributed by atoms with Crippen molar-refractivity contribution in [2.45, 2.75) is 26.3 Å². The van der Waals surface area contributed by atoms with E-state index in [0.717, 1.165) is 5.56 Å². The maximum Gasteiger partial charge on any atom is 0.313 e. The van der Waals surface area contributed by atoms with Crippen LogP contribution in [0.1, 0.15) is 19.4 Å². The van der Waals surface area contributed by atoms with Crippen molar-refractivity contribution in [1.29, 1.82) is 0 Å². The lowest BCUT2D eigenvalue weighted by molar-refractivity contribution is -0.137. The Kier molecular flexibility index (Phi) is 6.35. The predicted molar refractivity (Wildman–Crippen MR) is 75.5 cm³/mol. The van der Waals surface area contributed by atoms with Gasteiger partial charge in [-0.25, -0.2) is 0 Å². The van der Waals surface area contributed by atoms with Gasteiger partial charge in [-0.15, -0.1) is 0 Å². The Hall–Kier alpha value is -1.72. The molecule has 0 aliphatic heterocycles. The van der Waals surface area contributed by atoms with Gasteiger partial charge in [0.1, 0.15) is 12.4 Å². The van der Waals surface area contributed by atoms with Crippen molar-refractivity contribution in [2.75, 3.05) is 13.7 Å². The van der Waals surface area contributed by atoms with E-state index in [1.54, 1.807) is 38.1 Å². The molecule has 0 radical (unpaired) electrons. The first-order valence-electron chi connectivity index (χ1n) is 6.52. The Morgan fingerprint density at radius 2 is 1.80 bits per heavy atom. The quantitative estimate of drug-likeness (QED) is 0.602. The van der Waals surface area contributed by atoms with Gasteiger partial charge in [0.25, 0.3) is 0 Å². The van der Waals surface area contributed by atoms with Crippen LogP contribution in [0.5, 0.6) is 5.75 Å². The summed E-state index contributed by atoms with van der Waals surface area (Å²) in [7, 11) is 1.46. The third-order valence-corrected chi connectivity index (χ3v) is 2.77. The Bertz CT molecular complexity index is 453. The van der Waals surface area contributed by atoms with Crippen LogP contribution < -0.4 is 10.5 Å². The molecule has 0 aliphatic rings. The molecule has 1 rings (SSSR count). The highest BCUT2D eigenvalue weighted by Gasteiger charge is 2.14. The smallest absolute Gasteiger partial charge is 0.313 e. The van der Waals surface area contributed by atoms with E-state index < -0.39 is 6.04 Å². The number of hydrogen-bond donors (Lipinski definition) is 1. The molecule has 20 heavy (non-hydrogen) atoms. The second-order valence-corrected chi connectivity index (χ2v) is 4.93. The summed E-state index contributed by atoms with van der Waals surface area (Å²) in [6, 6.07) is 6.40. The Labute approximate surface area is 119 Å². The zero-order chi connectivity index (χ0) is 15.1. The number of Topliss-reactive ketones (excluding diaryl/α,β-unsaturated/α-hetero) is 1. The van der Waals surface area contributed by atoms with Crippen LogP contribution in [0.15, 0.2) is 24.3 Å². The van der Waals surface area contributed by atoms with Crippen LogP contribution in [0.25, 0.3) is 0 Å². The summed E-state index contributed by atoms with van der Waals surface area (Å²) in [5.74, 6) is -0.0912. The summed E-state index contributed by atoms with van der Waals surface area (Å²) in [6.07, 6.45) is 0.431. The summed E-state index contributed by atoms with van der Waals surface area (Å²) in [4.78, 5) is 23.0. The molecule has 0 fully saturated rings. The minimum Gasteiger partial charge on any atom is -0.426 e. The average molecular weight is 279 g/mol. The maximum atomic E-state index is 11.5. The summed E-state index contributed by atoms with van der Waals surface area (Å²) in [5, 5.41) is 0. The van der Waals surface area contributed by atoms with E-state index >= 15 is 0 Å². The maximum absolute atomic E-state index is 11.5. The van der Waals surface area contributed by atoms with Gasteiger partial charge in [0.15, 0.2) is 5.78 Å². The number of rotatable bonds is 7. The van der Waals surface area contributed by atoms with Crippen molar-refractivity contribution in [3.05, 3.63) is 29.8 Å². The van der Waals surface area contributed by atoms with Gasteiger partial charge in [0.2, 0.25) is 0 Å². The highest BCUT2D eigenvalue weighted by atomic mass is 16.5. The number of ketones is 1. The third kappa shape index (κ3) is 5.11. The molecule has 0 aliphatic carbocycles. The normalized spacial score (nSPS) is 12.2. The van der Waals surface area contributed by atoms with Gasteiger partial charge in [0, 0.05) is 7.11 Å². The van der Waals surface area contributed by atoms with Gasteiger partial charge < -0.3 is 15.2 Å². The van der Waals surface area contributed by atoms with Crippen molar-refractivity contribution in [1.82, 2.24) is 0 Å². The minimum absolute atomic E-state index is 0.0191. The van der Waals surface area contributed by atoms with Crippen LogP contribution >= 0.6 is 0 Å². The average Bonchev–Trinajstić information content (AvgIpc) is 2.41. The number of benzene rings is 1. The summed E-state index contributed by atoms with van der Waals surface area (Å²) < 4.78 is 9.93. The molecule has 0 saturated carbocycles. The minimum atomic E-state index is -0.584. The Morgan fingerprint density at radius 1 is 1.20 bits per heavy atom. The molecule has 0 amide bonds. The molecule has 1 atom stereocenters. The van der Waals surface area contributed by atoms with E-state index in [9.17, 15) is 9.59 Å². The Morgan fingerprint density at radius 3 is 2.30 bits per heavy atom. The van der Waals surface area contributed by atoms with Crippen molar-refractivity contribution >= 4 is 11.8 Å². The first-order chi connectivity index (χ1) is 9.43. The lowest BCUT2D eigenvalue weighted by Crippen LogP contribution is -2.35. The van der Waals surface area contributed by atoms with Crippen LogP contribution in [0.4, 0.5) is 0 Å². The number of esters is 1. The molecule has 5 nitrogen and oxygen atoms in total. The topological polar surface area (TPSA) is 78.6 Å². The number of nitrogens with two attached hydrogens (primary N) is 1. The Balaban J connectivity index is 2.58. The van der Waals surface area contributed by atoms with E-state index in [4.69, 9.17) is 15.2 Å². The second-order valence-electron chi connectivity index (χ2n) is 4.93. The van der Waals surface area contributed by atoms with E-state index in [2.05, 4.69) is 0 Å². The van der Waals surface area contributed by atoms with Crippen molar-refractivity contribution in [3.63, 3.8) is 0 Å². The van der Waals surface area contributed by atoms with Crippen LogP contribution in [0, 0.1) is 5.92 Å². The van der Waals surface area contributed by atoms with Crippen molar-refractivity contribution in [3.8, 4) is 5.75 Å². The zero-order valence-electron chi connectivity index (χ0n) is 12.1. The van der Waals surface area contributed by atoms with Crippen LogP contribution in [0.2, 0.25) is 0 Å². The molecule has 0 aromatic heterocycles. The highest BCUT2D eigenvalue weighted by molar-refractivity contribution is 5.85. The zero-order valence-corrected chi connectivity index (χ0v) is 12.1. The van der Waals surface area contributed by atoms with Crippen LogP contribution in [-0.2, 0) is 20.7 Å². The van der Waals surface area contributed by atoms with Gasteiger partial charge in [-0.3, -0.25) is 9.59 Å². The summed E-state index contributed by atoms with van der Waals surface area (Å²) >= 11 is 0. The number of hydrogen-bond acceptors (Lipinski definition) is 5. The fourth-order valence-electron chi connectivity index (χ4n) is 1.54. The van der Waals surface area contributed by atoms with Crippen molar-refractivity contribution < 1.29 is 19.1 Å². The van der Waals surface area contributed by atoms with Crippen LogP contribution in [-0.4, -0.2) is 31.5 Å². The highest BCUT2D eigenvalue weighted by Crippen LogP contribution is 2.15. The number of methoxy groups -OCH3 is 1. The molecule has 1 aromatic rings. The summed E-state index contributed by atoms with van der Waals surface area (Å²) in [6.45, 7) is 3.57. The van der Waals surface area contributed by atoms with Gasteiger partial charge in [0.05, 0.1) is 12.0 Å². The molecule has 5 heteroatoms. The molecule has 2 N–H and O–H groups in total. The molecule has 110 valence electrons. The number of carbonyl (C=O) groups is 2. The second kappa shape index (κ2) is 7.77. The first kappa shape index (κ1) is 16.3. The number of ether oxygens (including phenoxy) is 2. The SMILES string of the molecule is COCC(=O)C(N)Cc1ccc(OC(=O)C(C)C)cc1. The molecule has 0 heterocycles. The monoisotopic (exact) mass is 279 g/mol.